The van der Waals surface area contributed by atoms with Crippen molar-refractivity contribution in [2.45, 2.75) is 38.8 Å². The first-order valence-corrected chi connectivity index (χ1v) is 7.24. The Kier molecular flexibility index (Phi) is 3.38. The average molecular weight is 283 g/mol. The molecule has 1 aromatic carbocycles. The molecular formula is C16H17N3O2. The van der Waals surface area contributed by atoms with E-state index >= 15 is 0 Å². The molecule has 0 aliphatic carbocycles. The second-order valence-electron chi connectivity index (χ2n) is 5.61. The van der Waals surface area contributed by atoms with Crippen LogP contribution in [-0.2, 0) is 11.3 Å². The summed E-state index contributed by atoms with van der Waals surface area (Å²) in [5, 5.41) is 12.0. The maximum Gasteiger partial charge on any atom is 0.255 e. The number of fused-ring (bicyclic) bond motifs is 1. The van der Waals surface area contributed by atoms with Crippen molar-refractivity contribution < 1.29 is 9.59 Å². The van der Waals surface area contributed by atoms with Crippen LogP contribution in [0.2, 0.25) is 0 Å². The third-order valence-corrected chi connectivity index (χ3v) is 4.42. The number of rotatable bonds is 1. The monoisotopic (exact) mass is 283 g/mol. The summed E-state index contributed by atoms with van der Waals surface area (Å²) >= 11 is 0. The molecule has 5 nitrogen and oxygen atoms in total. The fraction of sp³-hybridized carbons (Fsp3) is 0.438. The second-order valence-corrected chi connectivity index (χ2v) is 5.61. The van der Waals surface area contributed by atoms with E-state index in [4.69, 9.17) is 5.26 Å². The molecule has 3 rings (SSSR count). The van der Waals surface area contributed by atoms with Gasteiger partial charge in [-0.25, -0.2) is 0 Å². The van der Waals surface area contributed by atoms with Gasteiger partial charge in [0.25, 0.3) is 5.91 Å². The first-order valence-electron chi connectivity index (χ1n) is 7.24. The minimum atomic E-state index is -0.391. The van der Waals surface area contributed by atoms with E-state index in [-0.39, 0.29) is 11.8 Å². The Balaban J connectivity index is 1.95. The van der Waals surface area contributed by atoms with Gasteiger partial charge in [-0.1, -0.05) is 0 Å². The maximum atomic E-state index is 12.6. The Morgan fingerprint density at radius 2 is 2.14 bits per heavy atom. The topological polar surface area (TPSA) is 73.2 Å². The summed E-state index contributed by atoms with van der Waals surface area (Å²) in [6.07, 6.45) is 2.59. The van der Waals surface area contributed by atoms with Gasteiger partial charge in [0.15, 0.2) is 0 Å². The molecular weight excluding hydrogens is 266 g/mol. The summed E-state index contributed by atoms with van der Waals surface area (Å²) in [5.74, 6) is -0.161. The molecule has 1 atom stereocenters. The van der Waals surface area contributed by atoms with E-state index in [2.05, 4.69) is 11.4 Å². The van der Waals surface area contributed by atoms with E-state index in [1.54, 1.807) is 17.0 Å². The highest BCUT2D eigenvalue weighted by atomic mass is 16.2. The van der Waals surface area contributed by atoms with Crippen molar-refractivity contribution in [3.8, 4) is 6.07 Å². The number of carbonyl (C=O) groups excluding carboxylic acids is 2. The Bertz CT molecular complexity index is 660. The summed E-state index contributed by atoms with van der Waals surface area (Å²) in [7, 11) is 0. The summed E-state index contributed by atoms with van der Waals surface area (Å²) in [6, 6.07) is 5.14. The Morgan fingerprint density at radius 3 is 2.90 bits per heavy atom. The SMILES string of the molecule is Cc1c(C#N)ccc2c1CN(C1CCCCNC1=O)C2=O. The average Bonchev–Trinajstić information content (AvgIpc) is 2.67. The molecule has 0 spiro atoms. The highest BCUT2D eigenvalue weighted by Crippen LogP contribution is 2.30. The second kappa shape index (κ2) is 5.21. The van der Waals surface area contributed by atoms with Crippen LogP contribution >= 0.6 is 0 Å². The molecule has 0 saturated carbocycles. The molecule has 2 aliphatic heterocycles. The lowest BCUT2D eigenvalue weighted by Gasteiger charge is -2.25. The quantitative estimate of drug-likeness (QED) is 0.848. The molecule has 108 valence electrons. The van der Waals surface area contributed by atoms with Gasteiger partial charge in [-0.3, -0.25) is 9.59 Å². The molecule has 1 N–H and O–H groups in total. The van der Waals surface area contributed by atoms with E-state index in [1.165, 1.54) is 0 Å². The Labute approximate surface area is 123 Å². The number of hydrogen-bond donors (Lipinski definition) is 1. The highest BCUT2D eigenvalue weighted by Gasteiger charge is 2.37. The van der Waals surface area contributed by atoms with Crippen LogP contribution in [0, 0.1) is 18.3 Å². The first kappa shape index (κ1) is 13.6. The lowest BCUT2D eigenvalue weighted by molar-refractivity contribution is -0.125. The van der Waals surface area contributed by atoms with Crippen LogP contribution in [0.25, 0.3) is 0 Å². The normalized spacial score (nSPS) is 21.5. The fourth-order valence-corrected chi connectivity index (χ4v) is 3.15. The molecule has 1 unspecified atom stereocenters. The van der Waals surface area contributed by atoms with Crippen molar-refractivity contribution in [3.63, 3.8) is 0 Å². The van der Waals surface area contributed by atoms with Crippen LogP contribution in [0.5, 0.6) is 0 Å². The van der Waals surface area contributed by atoms with E-state index in [9.17, 15) is 9.59 Å². The maximum absolute atomic E-state index is 12.6. The number of carbonyl (C=O) groups is 2. The Morgan fingerprint density at radius 1 is 1.33 bits per heavy atom. The zero-order valence-electron chi connectivity index (χ0n) is 12.0. The van der Waals surface area contributed by atoms with Crippen molar-refractivity contribution in [2.75, 3.05) is 6.54 Å². The zero-order valence-corrected chi connectivity index (χ0v) is 12.0. The summed E-state index contributed by atoms with van der Waals surface area (Å²) in [5.41, 5.74) is 2.95. The number of nitrogens with one attached hydrogen (secondary N) is 1. The number of amides is 2. The molecule has 1 aromatic rings. The Hall–Kier alpha value is -2.35. The van der Waals surface area contributed by atoms with Crippen molar-refractivity contribution in [2.24, 2.45) is 0 Å². The summed E-state index contributed by atoms with van der Waals surface area (Å²) in [4.78, 5) is 26.4. The minimum absolute atomic E-state index is 0.0631. The lowest BCUT2D eigenvalue weighted by Crippen LogP contribution is -2.45. The van der Waals surface area contributed by atoms with Crippen molar-refractivity contribution in [3.05, 3.63) is 34.4 Å². The van der Waals surface area contributed by atoms with E-state index in [1.807, 2.05) is 6.92 Å². The molecule has 0 radical (unpaired) electrons. The molecule has 5 heteroatoms. The first-order chi connectivity index (χ1) is 10.1. The molecule has 2 aliphatic rings. The van der Waals surface area contributed by atoms with Crippen LogP contribution in [-0.4, -0.2) is 29.3 Å². The van der Waals surface area contributed by atoms with Gasteiger partial charge in [0.05, 0.1) is 11.6 Å². The largest absolute Gasteiger partial charge is 0.354 e. The van der Waals surface area contributed by atoms with Gasteiger partial charge in [0.2, 0.25) is 5.91 Å². The summed E-state index contributed by atoms with van der Waals surface area (Å²) in [6.45, 7) is 2.97. The van der Waals surface area contributed by atoms with Gasteiger partial charge in [-0.2, -0.15) is 5.26 Å². The molecule has 1 saturated heterocycles. The highest BCUT2D eigenvalue weighted by molar-refractivity contribution is 6.01. The molecule has 1 fully saturated rings. The number of benzene rings is 1. The van der Waals surface area contributed by atoms with Crippen molar-refractivity contribution in [1.29, 1.82) is 5.26 Å². The standard InChI is InChI=1S/C16H17N3O2/c1-10-11(8-17)5-6-12-13(10)9-19(16(12)21)14-4-2-3-7-18-15(14)20/h5-6,14H,2-4,7,9H2,1H3,(H,18,20). The van der Waals surface area contributed by atoms with Gasteiger partial charge in [-0.15, -0.1) is 0 Å². The molecule has 2 heterocycles. The van der Waals surface area contributed by atoms with Gasteiger partial charge >= 0.3 is 0 Å². The predicted octanol–water partition coefficient (Wildman–Crippen LogP) is 1.49. The number of nitrogens with zero attached hydrogens (tertiary/aromatic N) is 2. The van der Waals surface area contributed by atoms with Gasteiger partial charge in [-0.05, 0) is 49.4 Å². The number of hydrogen-bond acceptors (Lipinski definition) is 3. The molecule has 0 aromatic heterocycles. The lowest BCUT2D eigenvalue weighted by atomic mass is 9.99. The zero-order chi connectivity index (χ0) is 15.0. The van der Waals surface area contributed by atoms with E-state index in [0.717, 1.165) is 24.0 Å². The van der Waals surface area contributed by atoms with Crippen LogP contribution in [0.1, 0.15) is 46.3 Å². The molecule has 0 bridgehead atoms. The van der Waals surface area contributed by atoms with Gasteiger partial charge < -0.3 is 10.2 Å². The summed E-state index contributed by atoms with van der Waals surface area (Å²) < 4.78 is 0. The fourth-order valence-electron chi connectivity index (χ4n) is 3.15. The van der Waals surface area contributed by atoms with E-state index in [0.29, 0.717) is 30.6 Å². The van der Waals surface area contributed by atoms with Crippen LogP contribution in [0.3, 0.4) is 0 Å². The van der Waals surface area contributed by atoms with Crippen molar-refractivity contribution >= 4 is 11.8 Å². The predicted molar refractivity (Wildman–Crippen MR) is 76.4 cm³/mol. The smallest absolute Gasteiger partial charge is 0.255 e. The third kappa shape index (κ3) is 2.17. The molecule has 21 heavy (non-hydrogen) atoms. The van der Waals surface area contributed by atoms with Gasteiger partial charge in [0, 0.05) is 18.7 Å². The number of nitriles is 1. The van der Waals surface area contributed by atoms with Crippen molar-refractivity contribution in [1.82, 2.24) is 10.2 Å². The van der Waals surface area contributed by atoms with Crippen LogP contribution in [0.4, 0.5) is 0 Å². The van der Waals surface area contributed by atoms with E-state index < -0.39 is 6.04 Å². The third-order valence-electron chi connectivity index (χ3n) is 4.42. The van der Waals surface area contributed by atoms with Crippen LogP contribution in [0.15, 0.2) is 12.1 Å². The van der Waals surface area contributed by atoms with Gasteiger partial charge in [0.1, 0.15) is 6.04 Å². The molecule has 2 amide bonds. The van der Waals surface area contributed by atoms with Crippen LogP contribution < -0.4 is 5.32 Å². The minimum Gasteiger partial charge on any atom is -0.354 e.